The molecule has 8 heteroatoms. The first-order valence-electron chi connectivity index (χ1n) is 7.21. The molecule has 0 aliphatic carbocycles. The lowest BCUT2D eigenvalue weighted by Crippen LogP contribution is -2.52. The van der Waals surface area contributed by atoms with Gasteiger partial charge in [-0.3, -0.25) is 4.79 Å². The molecule has 1 aliphatic rings. The predicted octanol–water partition coefficient (Wildman–Crippen LogP) is 2.48. The van der Waals surface area contributed by atoms with E-state index in [4.69, 9.17) is 4.74 Å². The van der Waals surface area contributed by atoms with Crippen LogP contribution in [0.4, 0.5) is 17.6 Å². The number of amides is 1. The zero-order valence-electron chi connectivity index (χ0n) is 12.6. The molecule has 0 radical (unpaired) electrons. The largest absolute Gasteiger partial charge is 0.494 e. The third-order valence-electron chi connectivity index (χ3n) is 3.67. The van der Waals surface area contributed by atoms with Gasteiger partial charge in [0, 0.05) is 13.1 Å². The highest BCUT2D eigenvalue weighted by atomic mass is 19.4. The van der Waals surface area contributed by atoms with Crippen molar-refractivity contribution < 1.29 is 27.1 Å². The molecule has 1 aromatic rings. The van der Waals surface area contributed by atoms with Gasteiger partial charge in [-0.2, -0.15) is 13.2 Å². The lowest BCUT2D eigenvalue weighted by Gasteiger charge is -2.33. The normalized spacial score (nSPS) is 19.1. The van der Waals surface area contributed by atoms with Gasteiger partial charge in [0.25, 0.3) is 0 Å². The Morgan fingerprint density at radius 2 is 2.13 bits per heavy atom. The van der Waals surface area contributed by atoms with Crippen LogP contribution in [0.2, 0.25) is 0 Å². The second kappa shape index (κ2) is 7.16. The molecule has 1 N–H and O–H groups in total. The van der Waals surface area contributed by atoms with Crippen molar-refractivity contribution in [3.05, 3.63) is 29.6 Å². The van der Waals surface area contributed by atoms with Crippen molar-refractivity contribution in [1.82, 2.24) is 10.2 Å². The van der Waals surface area contributed by atoms with Gasteiger partial charge in [0.15, 0.2) is 11.6 Å². The van der Waals surface area contributed by atoms with Crippen LogP contribution in [0.3, 0.4) is 0 Å². The summed E-state index contributed by atoms with van der Waals surface area (Å²) in [7, 11) is 1.34. The van der Waals surface area contributed by atoms with E-state index in [1.165, 1.54) is 25.3 Å². The standard InChI is InChI=1S/C15H18F4N2O2/c1-23-13-7-10(4-5-11(13)16)8-20-12-3-2-6-21(14(12)22)9-15(17,18)19/h4-5,7,12,20H,2-3,6,8-9H2,1H3/t12-/m0/s1. The predicted molar refractivity (Wildman–Crippen MR) is 75.4 cm³/mol. The maximum Gasteiger partial charge on any atom is 0.406 e. The molecule has 1 amide bonds. The van der Waals surface area contributed by atoms with Crippen molar-refractivity contribution in [1.29, 1.82) is 0 Å². The van der Waals surface area contributed by atoms with Gasteiger partial charge in [-0.1, -0.05) is 6.07 Å². The first kappa shape index (κ1) is 17.5. The molecule has 1 atom stereocenters. The second-order valence-corrected chi connectivity index (χ2v) is 5.42. The lowest BCUT2D eigenvalue weighted by molar-refractivity contribution is -0.165. The average molecular weight is 334 g/mol. The Bertz CT molecular complexity index is 563. The van der Waals surface area contributed by atoms with Gasteiger partial charge < -0.3 is 15.0 Å². The Morgan fingerprint density at radius 1 is 1.39 bits per heavy atom. The number of benzene rings is 1. The fraction of sp³-hybridized carbons (Fsp3) is 0.533. The minimum Gasteiger partial charge on any atom is -0.494 e. The number of likely N-dealkylation sites (tertiary alicyclic amines) is 1. The molecule has 1 aromatic carbocycles. The average Bonchev–Trinajstić information content (AvgIpc) is 2.48. The monoisotopic (exact) mass is 334 g/mol. The van der Waals surface area contributed by atoms with Crippen molar-refractivity contribution in [2.75, 3.05) is 20.2 Å². The van der Waals surface area contributed by atoms with Crippen LogP contribution in [0, 0.1) is 5.82 Å². The molecule has 4 nitrogen and oxygen atoms in total. The summed E-state index contributed by atoms with van der Waals surface area (Å²) in [5.74, 6) is -0.970. The van der Waals surface area contributed by atoms with Crippen LogP contribution < -0.4 is 10.1 Å². The van der Waals surface area contributed by atoms with Crippen LogP contribution in [-0.2, 0) is 11.3 Å². The number of ether oxygens (including phenoxy) is 1. The van der Waals surface area contributed by atoms with E-state index in [1.54, 1.807) is 0 Å². The van der Waals surface area contributed by atoms with Gasteiger partial charge in [-0.15, -0.1) is 0 Å². The molecular weight excluding hydrogens is 316 g/mol. The van der Waals surface area contributed by atoms with Gasteiger partial charge in [0.1, 0.15) is 6.54 Å². The summed E-state index contributed by atoms with van der Waals surface area (Å²) in [4.78, 5) is 12.9. The van der Waals surface area contributed by atoms with E-state index in [1.807, 2.05) is 0 Å². The number of nitrogens with zero attached hydrogens (tertiary/aromatic N) is 1. The van der Waals surface area contributed by atoms with E-state index in [2.05, 4.69) is 5.32 Å². The fourth-order valence-corrected chi connectivity index (χ4v) is 2.56. The molecule has 1 saturated heterocycles. The number of alkyl halides is 3. The summed E-state index contributed by atoms with van der Waals surface area (Å²) in [5.41, 5.74) is 0.684. The zero-order chi connectivity index (χ0) is 17.0. The molecule has 1 aliphatic heterocycles. The van der Waals surface area contributed by atoms with Crippen molar-refractivity contribution in [2.45, 2.75) is 31.6 Å². The SMILES string of the molecule is COc1cc(CN[C@H]2CCCN(CC(F)(F)F)C2=O)ccc1F. The topological polar surface area (TPSA) is 41.6 Å². The number of halogens is 4. The molecule has 0 bridgehead atoms. The molecule has 0 aromatic heterocycles. The second-order valence-electron chi connectivity index (χ2n) is 5.42. The van der Waals surface area contributed by atoms with Crippen LogP contribution >= 0.6 is 0 Å². The van der Waals surface area contributed by atoms with E-state index >= 15 is 0 Å². The quantitative estimate of drug-likeness (QED) is 0.841. The van der Waals surface area contributed by atoms with Crippen LogP contribution in [0.15, 0.2) is 18.2 Å². The maximum absolute atomic E-state index is 13.3. The van der Waals surface area contributed by atoms with E-state index in [0.29, 0.717) is 18.4 Å². The van der Waals surface area contributed by atoms with Crippen molar-refractivity contribution in [3.8, 4) is 5.75 Å². The van der Waals surface area contributed by atoms with Gasteiger partial charge in [0.2, 0.25) is 5.91 Å². The molecule has 0 spiro atoms. The van der Waals surface area contributed by atoms with E-state index in [0.717, 1.165) is 4.90 Å². The zero-order valence-corrected chi connectivity index (χ0v) is 12.6. The Labute approximate surface area is 131 Å². The summed E-state index contributed by atoms with van der Waals surface area (Å²) >= 11 is 0. The third kappa shape index (κ3) is 4.82. The minimum atomic E-state index is -4.40. The van der Waals surface area contributed by atoms with Crippen LogP contribution in [0.5, 0.6) is 5.75 Å². The van der Waals surface area contributed by atoms with Gasteiger partial charge >= 0.3 is 6.18 Å². The maximum atomic E-state index is 13.3. The molecule has 1 heterocycles. The number of hydrogen-bond acceptors (Lipinski definition) is 3. The number of piperidine rings is 1. The Balaban J connectivity index is 1.96. The molecule has 128 valence electrons. The number of methoxy groups -OCH3 is 1. The molecule has 1 fully saturated rings. The number of hydrogen-bond donors (Lipinski definition) is 1. The van der Waals surface area contributed by atoms with Gasteiger partial charge in [0.05, 0.1) is 13.2 Å². The fourth-order valence-electron chi connectivity index (χ4n) is 2.56. The van der Waals surface area contributed by atoms with Gasteiger partial charge in [-0.05, 0) is 30.5 Å². The Morgan fingerprint density at radius 3 is 2.78 bits per heavy atom. The highest BCUT2D eigenvalue weighted by molar-refractivity contribution is 5.82. The number of carbonyl (C=O) groups excluding carboxylic acids is 1. The summed E-state index contributed by atoms with van der Waals surface area (Å²) in [6.45, 7) is -0.873. The smallest absolute Gasteiger partial charge is 0.406 e. The molecule has 23 heavy (non-hydrogen) atoms. The van der Waals surface area contributed by atoms with E-state index < -0.39 is 30.5 Å². The summed E-state index contributed by atoms with van der Waals surface area (Å²) in [5, 5.41) is 2.94. The Kier molecular flexibility index (Phi) is 5.46. The highest BCUT2D eigenvalue weighted by Gasteiger charge is 2.37. The lowest BCUT2D eigenvalue weighted by atomic mass is 10.0. The molecule has 0 saturated carbocycles. The van der Waals surface area contributed by atoms with Crippen LogP contribution in [0.25, 0.3) is 0 Å². The molecule has 0 unspecified atom stereocenters. The van der Waals surface area contributed by atoms with Crippen molar-refractivity contribution >= 4 is 5.91 Å². The van der Waals surface area contributed by atoms with Crippen molar-refractivity contribution in [3.63, 3.8) is 0 Å². The van der Waals surface area contributed by atoms with Crippen LogP contribution in [0.1, 0.15) is 18.4 Å². The summed E-state index contributed by atoms with van der Waals surface area (Å²) < 4.78 is 55.5. The van der Waals surface area contributed by atoms with Crippen LogP contribution in [-0.4, -0.2) is 43.2 Å². The number of nitrogens with one attached hydrogen (secondary N) is 1. The van der Waals surface area contributed by atoms with E-state index in [-0.39, 0.29) is 18.8 Å². The number of carbonyl (C=O) groups is 1. The summed E-state index contributed by atoms with van der Waals surface area (Å²) in [6.07, 6.45) is -3.42. The van der Waals surface area contributed by atoms with Gasteiger partial charge in [-0.25, -0.2) is 4.39 Å². The van der Waals surface area contributed by atoms with E-state index in [9.17, 15) is 22.4 Å². The third-order valence-corrected chi connectivity index (χ3v) is 3.67. The minimum absolute atomic E-state index is 0.0815. The van der Waals surface area contributed by atoms with Crippen molar-refractivity contribution in [2.24, 2.45) is 0 Å². The summed E-state index contributed by atoms with van der Waals surface area (Å²) in [6, 6.07) is 3.60. The Hall–Kier alpha value is -1.83. The highest BCUT2D eigenvalue weighted by Crippen LogP contribution is 2.22. The first-order valence-corrected chi connectivity index (χ1v) is 7.21. The molecule has 2 rings (SSSR count). The number of rotatable bonds is 5. The first-order chi connectivity index (χ1) is 10.8. The molecular formula is C15H18F4N2O2.